The number of nitrogens with one attached hydrogen (secondary N) is 1. The third-order valence-electron chi connectivity index (χ3n) is 3.59. The molecule has 0 aliphatic carbocycles. The Morgan fingerprint density at radius 3 is 2.44 bits per heavy atom. The molecule has 11 nitrogen and oxygen atoms in total. The predicted molar refractivity (Wildman–Crippen MR) is 73.1 cm³/mol. The summed E-state index contributed by atoms with van der Waals surface area (Å²) in [7, 11) is 0. The number of ether oxygens (including phenoxy) is 3. The Morgan fingerprint density at radius 1 is 1.24 bits per heavy atom. The van der Waals surface area contributed by atoms with Crippen LogP contribution < -0.4 is 5.32 Å². The van der Waals surface area contributed by atoms with Gasteiger partial charge in [0.2, 0.25) is 12.4 Å². The third kappa shape index (κ3) is 3.86. The van der Waals surface area contributed by atoms with Gasteiger partial charge in [-0.05, 0) is 0 Å². The number of amides is 3. The van der Waals surface area contributed by atoms with Gasteiger partial charge in [0.05, 0.1) is 0 Å². The van der Waals surface area contributed by atoms with E-state index >= 15 is 0 Å². The van der Waals surface area contributed by atoms with E-state index in [4.69, 9.17) is 4.74 Å². The van der Waals surface area contributed by atoms with Gasteiger partial charge in [0.25, 0.3) is 5.91 Å². The smallest absolute Gasteiger partial charge is 0.329 e. The molecule has 3 N–H and O–H groups in total. The van der Waals surface area contributed by atoms with Crippen LogP contribution in [0.3, 0.4) is 0 Å². The van der Waals surface area contributed by atoms with E-state index in [1.807, 2.05) is 0 Å². The number of aliphatic hydroxyl groups is 2. The number of rotatable bonds is 4. The average Bonchev–Trinajstić information content (AvgIpc) is 2.78. The van der Waals surface area contributed by atoms with Crippen LogP contribution in [0.1, 0.15) is 13.8 Å². The number of urea groups is 1. The maximum absolute atomic E-state index is 14.1. The molecular weight excluding hydrogens is 347 g/mol. The van der Waals surface area contributed by atoms with Gasteiger partial charge in [-0.25, -0.2) is 9.18 Å². The maximum atomic E-state index is 14.1. The van der Waals surface area contributed by atoms with Crippen LogP contribution in [0, 0.1) is 0 Å². The molecule has 2 fully saturated rings. The van der Waals surface area contributed by atoms with E-state index in [-0.39, 0.29) is 0 Å². The van der Waals surface area contributed by atoms with Gasteiger partial charge in [-0.3, -0.25) is 24.6 Å². The number of alkyl halides is 1. The summed E-state index contributed by atoms with van der Waals surface area (Å²) in [6.07, 6.45) is -10.6. The van der Waals surface area contributed by atoms with Gasteiger partial charge in [0, 0.05) is 13.8 Å². The van der Waals surface area contributed by atoms with Crippen molar-refractivity contribution < 1.29 is 48.0 Å². The molecule has 2 aliphatic rings. The zero-order valence-electron chi connectivity index (χ0n) is 13.2. The number of hydrogen-bond acceptors (Lipinski definition) is 9. The SMILES string of the molecule is CC(=O)OC[C@H]1O[C@@H](N2C(=O)NC(=O)C(F)C2OC(C)=O)[C@H](O)[C@@H]1O. The largest absolute Gasteiger partial charge is 0.463 e. The van der Waals surface area contributed by atoms with Crippen molar-refractivity contribution in [2.24, 2.45) is 0 Å². The first-order chi connectivity index (χ1) is 11.6. The van der Waals surface area contributed by atoms with Crippen LogP contribution in [0.2, 0.25) is 0 Å². The van der Waals surface area contributed by atoms with Crippen molar-refractivity contribution in [3.05, 3.63) is 0 Å². The lowest BCUT2D eigenvalue weighted by atomic mass is 10.1. The number of carbonyl (C=O) groups is 4. The monoisotopic (exact) mass is 364 g/mol. The third-order valence-corrected chi connectivity index (χ3v) is 3.59. The number of halogens is 1. The highest BCUT2D eigenvalue weighted by molar-refractivity contribution is 5.99. The maximum Gasteiger partial charge on any atom is 0.329 e. The number of carbonyl (C=O) groups excluding carboxylic acids is 4. The van der Waals surface area contributed by atoms with E-state index in [0.717, 1.165) is 13.8 Å². The van der Waals surface area contributed by atoms with Gasteiger partial charge in [0.1, 0.15) is 24.9 Å². The van der Waals surface area contributed by atoms with Crippen molar-refractivity contribution in [3.8, 4) is 0 Å². The first-order valence-corrected chi connectivity index (χ1v) is 7.23. The number of nitrogens with zero attached hydrogens (tertiary/aromatic N) is 1. The Hall–Kier alpha value is -2.31. The Kier molecular flexibility index (Phi) is 5.55. The molecule has 2 rings (SSSR count). The molecule has 2 saturated heterocycles. The standard InChI is InChI=1S/C13H17FN2O9/c1-4(17)23-3-6-8(19)9(20)12(25-6)16-11(24-5(2)18)7(14)10(21)15-13(16)22/h6-9,11-12,19-20H,3H2,1-2H3,(H,15,21,22)/t6-,7?,8-,9-,11?,12-/m1/s1. The number of esters is 2. The minimum atomic E-state index is -2.43. The molecule has 3 amide bonds. The van der Waals surface area contributed by atoms with Gasteiger partial charge < -0.3 is 24.4 Å². The molecule has 2 unspecified atom stereocenters. The van der Waals surface area contributed by atoms with Crippen LogP contribution in [0.4, 0.5) is 9.18 Å². The highest BCUT2D eigenvalue weighted by atomic mass is 19.1. The van der Waals surface area contributed by atoms with Gasteiger partial charge in [0.15, 0.2) is 6.23 Å². The molecule has 0 aromatic heterocycles. The van der Waals surface area contributed by atoms with Gasteiger partial charge >= 0.3 is 18.0 Å². The van der Waals surface area contributed by atoms with E-state index < -0.39 is 67.4 Å². The molecule has 0 aromatic carbocycles. The van der Waals surface area contributed by atoms with E-state index in [9.17, 15) is 33.8 Å². The molecular formula is C13H17FN2O9. The summed E-state index contributed by atoms with van der Waals surface area (Å²) in [5, 5.41) is 21.7. The molecule has 25 heavy (non-hydrogen) atoms. The number of imide groups is 1. The lowest BCUT2D eigenvalue weighted by Crippen LogP contribution is -2.67. The van der Waals surface area contributed by atoms with Crippen LogP contribution >= 0.6 is 0 Å². The van der Waals surface area contributed by atoms with E-state index in [2.05, 4.69) is 9.47 Å². The Bertz CT molecular complexity index is 586. The van der Waals surface area contributed by atoms with Crippen molar-refractivity contribution in [2.75, 3.05) is 6.61 Å². The van der Waals surface area contributed by atoms with E-state index in [0.29, 0.717) is 4.90 Å². The molecule has 0 bridgehead atoms. The summed E-state index contributed by atoms with van der Waals surface area (Å²) < 4.78 is 28.7. The van der Waals surface area contributed by atoms with E-state index in [1.54, 1.807) is 5.32 Å². The summed E-state index contributed by atoms with van der Waals surface area (Å²) in [4.78, 5) is 45.9. The topological polar surface area (TPSA) is 152 Å². The van der Waals surface area contributed by atoms with Crippen molar-refractivity contribution in [1.29, 1.82) is 0 Å². The second-order valence-corrected chi connectivity index (χ2v) is 5.45. The fraction of sp³-hybridized carbons (Fsp3) is 0.692. The number of hydrogen-bond donors (Lipinski definition) is 3. The Morgan fingerprint density at radius 2 is 1.88 bits per heavy atom. The zero-order valence-corrected chi connectivity index (χ0v) is 13.2. The molecule has 6 atom stereocenters. The molecule has 0 spiro atoms. The van der Waals surface area contributed by atoms with E-state index in [1.165, 1.54) is 0 Å². The second kappa shape index (κ2) is 7.29. The highest BCUT2D eigenvalue weighted by Crippen LogP contribution is 2.29. The quantitative estimate of drug-likeness (QED) is 0.471. The molecule has 2 heterocycles. The average molecular weight is 364 g/mol. The summed E-state index contributed by atoms with van der Waals surface area (Å²) in [6, 6.07) is -1.19. The molecule has 0 aromatic rings. The number of aliphatic hydroxyl groups excluding tert-OH is 2. The fourth-order valence-corrected chi connectivity index (χ4v) is 2.47. The summed E-state index contributed by atoms with van der Waals surface area (Å²) in [5.74, 6) is -2.97. The van der Waals surface area contributed by atoms with Crippen LogP contribution in [0.15, 0.2) is 0 Å². The normalized spacial score (nSPS) is 35.3. The van der Waals surface area contributed by atoms with Gasteiger partial charge in [-0.1, -0.05) is 0 Å². The fourth-order valence-electron chi connectivity index (χ4n) is 2.47. The highest BCUT2D eigenvalue weighted by Gasteiger charge is 2.54. The molecule has 140 valence electrons. The van der Waals surface area contributed by atoms with Crippen molar-refractivity contribution in [1.82, 2.24) is 10.2 Å². The van der Waals surface area contributed by atoms with Gasteiger partial charge in [-0.2, -0.15) is 0 Å². The van der Waals surface area contributed by atoms with Crippen molar-refractivity contribution in [2.45, 2.75) is 50.8 Å². The molecule has 0 radical (unpaired) electrons. The first kappa shape index (κ1) is 19.0. The zero-order chi connectivity index (χ0) is 18.9. The first-order valence-electron chi connectivity index (χ1n) is 7.23. The van der Waals surface area contributed by atoms with Gasteiger partial charge in [-0.15, -0.1) is 0 Å². The predicted octanol–water partition coefficient (Wildman–Crippen LogP) is -2.22. The van der Waals surface area contributed by atoms with Crippen LogP contribution in [-0.4, -0.2) is 82.5 Å². The molecule has 0 saturated carbocycles. The summed E-state index contributed by atoms with van der Waals surface area (Å²) >= 11 is 0. The Labute approximate surface area is 140 Å². The molecule has 12 heteroatoms. The summed E-state index contributed by atoms with van der Waals surface area (Å²) in [6.45, 7) is 1.62. The minimum Gasteiger partial charge on any atom is -0.463 e. The molecule has 2 aliphatic heterocycles. The van der Waals surface area contributed by atoms with Crippen LogP contribution in [-0.2, 0) is 28.6 Å². The minimum absolute atomic E-state index is 0.435. The second-order valence-electron chi connectivity index (χ2n) is 5.45. The summed E-state index contributed by atoms with van der Waals surface area (Å²) in [5.41, 5.74) is 0. The van der Waals surface area contributed by atoms with Crippen LogP contribution in [0.25, 0.3) is 0 Å². The lowest BCUT2D eigenvalue weighted by molar-refractivity contribution is -0.190. The van der Waals surface area contributed by atoms with Crippen molar-refractivity contribution >= 4 is 23.9 Å². The van der Waals surface area contributed by atoms with Crippen molar-refractivity contribution in [3.63, 3.8) is 0 Å². The Balaban J connectivity index is 2.23. The van der Waals surface area contributed by atoms with Crippen LogP contribution in [0.5, 0.6) is 0 Å². The lowest BCUT2D eigenvalue weighted by Gasteiger charge is -2.39.